The maximum atomic E-state index is 12.4. The average molecular weight is 578 g/mol. The van der Waals surface area contributed by atoms with E-state index in [-0.39, 0.29) is 36.4 Å². The molecule has 210 valence electrons. The highest BCUT2D eigenvalue weighted by molar-refractivity contribution is 7.61. The van der Waals surface area contributed by atoms with Crippen molar-refractivity contribution in [2.75, 3.05) is 13.2 Å². The molecule has 0 radical (unpaired) electrons. The molecule has 0 amide bonds. The molecule has 16 nitrogen and oxygen atoms in total. The van der Waals surface area contributed by atoms with Crippen LogP contribution in [0.25, 0.3) is 11.2 Å². The van der Waals surface area contributed by atoms with Crippen LogP contribution in [0.4, 0.5) is 0 Å². The number of carbonyl (C=O) groups is 1. The number of ether oxygens (including phenoxy) is 3. The summed E-state index contributed by atoms with van der Waals surface area (Å²) >= 11 is 0. The van der Waals surface area contributed by atoms with Crippen LogP contribution in [0.1, 0.15) is 38.7 Å². The van der Waals surface area contributed by atoms with Crippen molar-refractivity contribution in [2.45, 2.75) is 63.9 Å². The Kier molecular flexibility index (Phi) is 8.22. The fraction of sp³-hybridized carbons (Fsp3) is 0.600. The fourth-order valence-corrected chi connectivity index (χ4v) is 6.23. The van der Waals surface area contributed by atoms with Gasteiger partial charge in [-0.15, -0.1) is 0 Å². The second kappa shape index (κ2) is 10.8. The molecule has 0 saturated carbocycles. The van der Waals surface area contributed by atoms with Crippen molar-refractivity contribution in [3.05, 3.63) is 35.2 Å². The Morgan fingerprint density at radius 1 is 1.26 bits per heavy atom. The van der Waals surface area contributed by atoms with Crippen LogP contribution in [0.5, 0.6) is 0 Å². The van der Waals surface area contributed by atoms with E-state index in [1.165, 1.54) is 10.9 Å². The lowest BCUT2D eigenvalue weighted by Gasteiger charge is -2.25. The normalized spacial score (nSPS) is 27.6. The summed E-state index contributed by atoms with van der Waals surface area (Å²) in [5, 5.41) is 0. The Morgan fingerprint density at radius 3 is 2.66 bits per heavy atom. The van der Waals surface area contributed by atoms with Gasteiger partial charge >= 0.3 is 15.6 Å². The number of allylic oxidation sites excluding steroid dienone is 1. The molecule has 38 heavy (non-hydrogen) atoms. The summed E-state index contributed by atoms with van der Waals surface area (Å²) in [6.45, 7) is 7.26. The second-order valence-corrected chi connectivity index (χ2v) is 12.1. The molecule has 2 unspecified atom stereocenters. The molecular weight excluding hydrogens is 550 g/mol. The van der Waals surface area contributed by atoms with Gasteiger partial charge in [0, 0.05) is 6.42 Å². The van der Waals surface area contributed by atoms with Crippen molar-refractivity contribution in [3.63, 3.8) is 0 Å². The minimum atomic E-state index is -5.12. The van der Waals surface area contributed by atoms with Gasteiger partial charge in [-0.1, -0.05) is 6.58 Å². The summed E-state index contributed by atoms with van der Waals surface area (Å²) in [5.74, 6) is -0.994. The summed E-state index contributed by atoms with van der Waals surface area (Å²) in [5.41, 5.74) is -0.130. The Morgan fingerprint density at radius 2 is 1.95 bits per heavy atom. The number of phosphoric acid groups is 2. The fourth-order valence-electron chi connectivity index (χ4n) is 4.11. The summed E-state index contributed by atoms with van der Waals surface area (Å²) in [6, 6.07) is 0. The maximum Gasteiger partial charge on any atom is 0.481 e. The molecule has 0 spiro atoms. The van der Waals surface area contributed by atoms with Crippen LogP contribution < -0.4 is 5.56 Å². The zero-order valence-corrected chi connectivity index (χ0v) is 22.5. The Hall–Kier alpha value is -2.10. The zero-order valence-electron chi connectivity index (χ0n) is 20.7. The van der Waals surface area contributed by atoms with Gasteiger partial charge in [-0.25, -0.2) is 19.1 Å². The number of aryl methyl sites for hydroxylation is 1. The molecule has 4 rings (SSSR count). The first-order valence-electron chi connectivity index (χ1n) is 11.5. The SMILES string of the molecule is C=CC(=O)CCCOP(=O)(O)OP(=O)(O)OC[C@H]1O[C@@H](n2cnc3c(=O)[nH]c(C)nc32)[C@@H]2OC(C)(C)O[C@@H]21. The van der Waals surface area contributed by atoms with Gasteiger partial charge in [-0.2, -0.15) is 4.31 Å². The van der Waals surface area contributed by atoms with Gasteiger partial charge in [-0.3, -0.25) is 23.2 Å². The van der Waals surface area contributed by atoms with Crippen molar-refractivity contribution in [3.8, 4) is 0 Å². The van der Waals surface area contributed by atoms with Crippen molar-refractivity contribution < 1.29 is 51.3 Å². The van der Waals surface area contributed by atoms with Gasteiger partial charge in [0.05, 0.1) is 19.5 Å². The van der Waals surface area contributed by atoms with Crippen molar-refractivity contribution in [1.82, 2.24) is 19.5 Å². The Balaban J connectivity index is 1.44. The molecule has 2 aliphatic heterocycles. The van der Waals surface area contributed by atoms with Gasteiger partial charge in [0.15, 0.2) is 29.0 Å². The first-order chi connectivity index (χ1) is 17.7. The van der Waals surface area contributed by atoms with Crippen molar-refractivity contribution >= 4 is 32.6 Å². The van der Waals surface area contributed by atoms with E-state index in [1.807, 2.05) is 0 Å². The summed E-state index contributed by atoms with van der Waals surface area (Å²) in [7, 11) is -10.1. The molecule has 0 aliphatic carbocycles. The molecule has 2 aliphatic rings. The zero-order chi connectivity index (χ0) is 27.9. The Labute approximate surface area is 216 Å². The lowest BCUT2D eigenvalue weighted by molar-refractivity contribution is -0.199. The number of hydrogen-bond donors (Lipinski definition) is 3. The molecule has 18 heteroatoms. The molecule has 2 aromatic rings. The summed E-state index contributed by atoms with van der Waals surface area (Å²) in [4.78, 5) is 54.2. The van der Waals surface area contributed by atoms with Crippen molar-refractivity contribution in [2.24, 2.45) is 0 Å². The molecule has 2 fully saturated rings. The van der Waals surface area contributed by atoms with Crippen LogP contribution in [0, 0.1) is 6.92 Å². The summed E-state index contributed by atoms with van der Waals surface area (Å²) < 4.78 is 57.7. The van der Waals surface area contributed by atoms with Crippen LogP contribution in [0.2, 0.25) is 0 Å². The third-order valence-electron chi connectivity index (χ3n) is 5.61. The highest BCUT2D eigenvalue weighted by Crippen LogP contribution is 2.60. The van der Waals surface area contributed by atoms with Gasteiger partial charge < -0.3 is 29.0 Å². The number of hydrogen-bond acceptors (Lipinski definition) is 12. The van der Waals surface area contributed by atoms with E-state index in [2.05, 4.69) is 30.4 Å². The number of fused-ring (bicyclic) bond motifs is 2. The number of nitrogens with zero attached hydrogens (tertiary/aromatic N) is 3. The van der Waals surface area contributed by atoms with Crippen LogP contribution in [-0.4, -0.2) is 72.4 Å². The first-order valence-corrected chi connectivity index (χ1v) is 14.5. The lowest BCUT2D eigenvalue weighted by atomic mass is 10.1. The minimum absolute atomic E-state index is 0.00756. The molecule has 4 heterocycles. The third-order valence-corrected chi connectivity index (χ3v) is 8.24. The average Bonchev–Trinajstić information content (AvgIpc) is 3.45. The van der Waals surface area contributed by atoms with Gasteiger partial charge in [0.2, 0.25) is 0 Å². The maximum absolute atomic E-state index is 12.4. The lowest BCUT2D eigenvalue weighted by Crippen LogP contribution is -2.32. The third kappa shape index (κ3) is 6.54. The van der Waals surface area contributed by atoms with E-state index in [1.54, 1.807) is 20.8 Å². The number of aromatic amines is 1. The highest BCUT2D eigenvalue weighted by atomic mass is 31.3. The van der Waals surface area contributed by atoms with E-state index in [0.717, 1.165) is 6.08 Å². The number of nitrogens with one attached hydrogen (secondary N) is 1. The van der Waals surface area contributed by atoms with Crippen LogP contribution in [0.3, 0.4) is 0 Å². The molecule has 0 aromatic carbocycles. The van der Waals surface area contributed by atoms with Crippen LogP contribution in [-0.2, 0) is 41.5 Å². The second-order valence-electron chi connectivity index (χ2n) is 9.03. The topological polar surface area (TPSA) is 211 Å². The van der Waals surface area contributed by atoms with Crippen LogP contribution >= 0.6 is 15.6 Å². The van der Waals surface area contributed by atoms with E-state index < -0.39 is 58.1 Å². The predicted octanol–water partition coefficient (Wildman–Crippen LogP) is 1.63. The molecular formula is C20H28N4O12P2. The molecule has 2 aromatic heterocycles. The largest absolute Gasteiger partial charge is 0.481 e. The number of ketones is 1. The predicted molar refractivity (Wildman–Crippen MR) is 128 cm³/mol. The van der Waals surface area contributed by atoms with E-state index in [4.69, 9.17) is 18.7 Å². The molecule has 3 N–H and O–H groups in total. The monoisotopic (exact) mass is 578 g/mol. The van der Waals surface area contributed by atoms with Gasteiger partial charge in [-0.05, 0) is 33.3 Å². The van der Waals surface area contributed by atoms with E-state index in [9.17, 15) is 28.5 Å². The van der Waals surface area contributed by atoms with Crippen LogP contribution in [0.15, 0.2) is 23.8 Å². The molecule has 6 atom stereocenters. The Bertz CT molecular complexity index is 1370. The first kappa shape index (κ1) is 28.9. The van der Waals surface area contributed by atoms with E-state index in [0.29, 0.717) is 5.82 Å². The molecule has 0 bridgehead atoms. The van der Waals surface area contributed by atoms with Gasteiger partial charge in [0.25, 0.3) is 5.56 Å². The number of aromatic nitrogens is 4. The van der Waals surface area contributed by atoms with Gasteiger partial charge in [0.1, 0.15) is 24.1 Å². The highest BCUT2D eigenvalue weighted by Gasteiger charge is 2.56. The standard InChI is InChI=1S/C20H28N4O12P2/c1-5-12(25)7-6-8-31-37(27,28)36-38(29,30)32-9-13-15-16(35-20(3,4)34-15)19(33-13)24-10-21-14-17(24)22-11(2)23-18(14)26/h5,10,13,15-16,19H,1,6-9H2,2-4H3,(H,27,28)(H,29,30)(H,22,23,26)/t13-,15-,16-,19-/m1/s1. The number of carbonyl (C=O) groups excluding carboxylic acids is 1. The van der Waals surface area contributed by atoms with Crippen molar-refractivity contribution in [1.29, 1.82) is 0 Å². The number of H-pyrrole nitrogens is 1. The quantitative estimate of drug-likeness (QED) is 0.186. The summed E-state index contributed by atoms with van der Waals surface area (Å²) in [6.07, 6.45) is -0.929. The number of rotatable bonds is 12. The van der Waals surface area contributed by atoms with E-state index >= 15 is 0 Å². The number of phosphoric ester groups is 2. The minimum Gasteiger partial charge on any atom is -0.347 e. The number of imidazole rings is 1. The molecule has 2 saturated heterocycles. The smallest absolute Gasteiger partial charge is 0.347 e.